The second-order valence-corrected chi connectivity index (χ2v) is 4.29. The average Bonchev–Trinajstić information content (AvgIpc) is 2.83. The maximum atomic E-state index is 11.9. The summed E-state index contributed by atoms with van der Waals surface area (Å²) in [7, 11) is 0. The minimum Gasteiger partial charge on any atom is -0.394 e. The summed E-state index contributed by atoms with van der Waals surface area (Å²) in [6, 6.07) is 10.4. The fraction of sp³-hybridized carbons (Fsp3) is 0.154. The van der Waals surface area contributed by atoms with Crippen molar-refractivity contribution in [2.45, 2.75) is 6.04 Å². The largest absolute Gasteiger partial charge is 0.394 e. The smallest absolute Gasteiger partial charge is 0.268 e. The standard InChI is InChI=1S/C13H13ClN2O2/c14-10-6-11(15-7-10)13(18)16-12(8-17)9-4-2-1-3-5-9/h1-7,12,15,17H,8H2,(H,16,18). The molecule has 0 aliphatic carbocycles. The van der Waals surface area contributed by atoms with Gasteiger partial charge in [-0.15, -0.1) is 0 Å². The molecule has 1 heterocycles. The SMILES string of the molecule is O=C(NC(CO)c1ccccc1)c1cc(Cl)c[nH]1. The molecule has 0 spiro atoms. The third-order valence-corrected chi connectivity index (χ3v) is 2.80. The van der Waals surface area contributed by atoms with Crippen LogP contribution >= 0.6 is 11.6 Å². The van der Waals surface area contributed by atoms with Crippen LogP contribution in [0.1, 0.15) is 22.1 Å². The molecule has 2 aromatic rings. The van der Waals surface area contributed by atoms with Gasteiger partial charge in [-0.05, 0) is 11.6 Å². The Labute approximate surface area is 110 Å². The van der Waals surface area contributed by atoms with Crippen LogP contribution < -0.4 is 5.32 Å². The normalized spacial score (nSPS) is 12.1. The Hall–Kier alpha value is -1.78. The number of H-pyrrole nitrogens is 1. The summed E-state index contributed by atoms with van der Waals surface area (Å²) in [6.45, 7) is -0.163. The van der Waals surface area contributed by atoms with Crippen molar-refractivity contribution in [2.24, 2.45) is 0 Å². The van der Waals surface area contributed by atoms with E-state index in [0.29, 0.717) is 10.7 Å². The molecular formula is C13H13ClN2O2. The number of carbonyl (C=O) groups excluding carboxylic acids is 1. The molecule has 4 nitrogen and oxygen atoms in total. The van der Waals surface area contributed by atoms with Crippen molar-refractivity contribution in [3.8, 4) is 0 Å². The molecule has 2 rings (SSSR count). The highest BCUT2D eigenvalue weighted by Gasteiger charge is 2.15. The predicted molar refractivity (Wildman–Crippen MR) is 69.5 cm³/mol. The number of hydrogen-bond acceptors (Lipinski definition) is 2. The summed E-state index contributed by atoms with van der Waals surface area (Å²) in [4.78, 5) is 14.6. The molecule has 1 aromatic carbocycles. The molecule has 0 bridgehead atoms. The zero-order chi connectivity index (χ0) is 13.0. The first-order valence-electron chi connectivity index (χ1n) is 5.51. The Morgan fingerprint density at radius 1 is 1.39 bits per heavy atom. The Bertz CT molecular complexity index is 525. The molecule has 1 unspecified atom stereocenters. The number of aliphatic hydroxyl groups is 1. The van der Waals surface area contributed by atoms with E-state index in [1.54, 1.807) is 0 Å². The lowest BCUT2D eigenvalue weighted by atomic mass is 10.1. The predicted octanol–water partition coefficient (Wildman–Crippen LogP) is 2.13. The summed E-state index contributed by atoms with van der Waals surface area (Å²) >= 11 is 5.73. The van der Waals surface area contributed by atoms with E-state index in [1.165, 1.54) is 12.3 Å². The van der Waals surface area contributed by atoms with Crippen LogP contribution in [0.25, 0.3) is 0 Å². The lowest BCUT2D eigenvalue weighted by Crippen LogP contribution is -2.30. The van der Waals surface area contributed by atoms with Crippen molar-refractivity contribution in [3.63, 3.8) is 0 Å². The number of halogens is 1. The molecule has 18 heavy (non-hydrogen) atoms. The van der Waals surface area contributed by atoms with E-state index >= 15 is 0 Å². The van der Waals surface area contributed by atoms with Crippen LogP contribution in [0.4, 0.5) is 0 Å². The second kappa shape index (κ2) is 5.71. The molecule has 0 aliphatic rings. The maximum absolute atomic E-state index is 11.9. The van der Waals surface area contributed by atoms with Gasteiger partial charge in [0.2, 0.25) is 0 Å². The van der Waals surface area contributed by atoms with Crippen LogP contribution in [0.15, 0.2) is 42.6 Å². The first kappa shape index (κ1) is 12.7. The molecule has 5 heteroatoms. The van der Waals surface area contributed by atoms with Crippen molar-refractivity contribution >= 4 is 17.5 Å². The third kappa shape index (κ3) is 2.91. The molecule has 94 valence electrons. The van der Waals surface area contributed by atoms with Gasteiger partial charge in [0.1, 0.15) is 5.69 Å². The molecule has 0 fully saturated rings. The van der Waals surface area contributed by atoms with Crippen LogP contribution in [-0.2, 0) is 0 Å². The quantitative estimate of drug-likeness (QED) is 0.792. The minimum atomic E-state index is -0.430. The van der Waals surface area contributed by atoms with Gasteiger partial charge in [-0.25, -0.2) is 0 Å². The molecule has 1 amide bonds. The van der Waals surface area contributed by atoms with Gasteiger partial charge in [-0.3, -0.25) is 4.79 Å². The van der Waals surface area contributed by atoms with Crippen LogP contribution in [0.3, 0.4) is 0 Å². The fourth-order valence-corrected chi connectivity index (χ4v) is 1.82. The van der Waals surface area contributed by atoms with Gasteiger partial charge in [0.05, 0.1) is 17.7 Å². The molecular weight excluding hydrogens is 252 g/mol. The topological polar surface area (TPSA) is 65.1 Å². The van der Waals surface area contributed by atoms with E-state index in [4.69, 9.17) is 11.6 Å². The average molecular weight is 265 g/mol. The van der Waals surface area contributed by atoms with Gasteiger partial charge in [-0.1, -0.05) is 41.9 Å². The number of aromatic nitrogens is 1. The van der Waals surface area contributed by atoms with Crippen molar-refractivity contribution in [1.29, 1.82) is 0 Å². The van der Waals surface area contributed by atoms with Crippen molar-refractivity contribution in [2.75, 3.05) is 6.61 Å². The Kier molecular flexibility index (Phi) is 4.02. The molecule has 0 saturated heterocycles. The zero-order valence-electron chi connectivity index (χ0n) is 9.56. The van der Waals surface area contributed by atoms with Gasteiger partial charge in [-0.2, -0.15) is 0 Å². The van der Waals surface area contributed by atoms with Crippen molar-refractivity contribution in [1.82, 2.24) is 10.3 Å². The van der Waals surface area contributed by atoms with Crippen molar-refractivity contribution in [3.05, 3.63) is 58.9 Å². The molecule has 1 atom stereocenters. The zero-order valence-corrected chi connectivity index (χ0v) is 10.3. The number of nitrogens with one attached hydrogen (secondary N) is 2. The van der Waals surface area contributed by atoms with Crippen LogP contribution in [0.5, 0.6) is 0 Å². The van der Waals surface area contributed by atoms with Gasteiger partial charge in [0.25, 0.3) is 5.91 Å². The summed E-state index contributed by atoms with van der Waals surface area (Å²) in [6.07, 6.45) is 1.53. The second-order valence-electron chi connectivity index (χ2n) is 3.85. The summed E-state index contributed by atoms with van der Waals surface area (Å²) in [5.41, 5.74) is 1.22. The first-order chi connectivity index (χ1) is 8.70. The summed E-state index contributed by atoms with van der Waals surface area (Å²) < 4.78 is 0. The van der Waals surface area contributed by atoms with E-state index < -0.39 is 6.04 Å². The van der Waals surface area contributed by atoms with Gasteiger partial charge >= 0.3 is 0 Å². The minimum absolute atomic E-state index is 0.163. The maximum Gasteiger partial charge on any atom is 0.268 e. The number of benzene rings is 1. The number of amides is 1. The Morgan fingerprint density at radius 3 is 2.67 bits per heavy atom. The van der Waals surface area contributed by atoms with E-state index in [-0.39, 0.29) is 12.5 Å². The summed E-state index contributed by atoms with van der Waals surface area (Å²) in [5.74, 6) is -0.301. The molecule has 3 N–H and O–H groups in total. The number of rotatable bonds is 4. The highest BCUT2D eigenvalue weighted by Crippen LogP contribution is 2.14. The third-order valence-electron chi connectivity index (χ3n) is 2.58. The van der Waals surface area contributed by atoms with E-state index in [1.807, 2.05) is 30.3 Å². The summed E-state index contributed by atoms with van der Waals surface area (Å²) in [5, 5.41) is 12.5. The van der Waals surface area contributed by atoms with Gasteiger partial charge in [0, 0.05) is 6.20 Å². The van der Waals surface area contributed by atoms with E-state index in [0.717, 1.165) is 5.56 Å². The van der Waals surface area contributed by atoms with Crippen molar-refractivity contribution < 1.29 is 9.90 Å². The highest BCUT2D eigenvalue weighted by atomic mass is 35.5. The molecule has 1 aromatic heterocycles. The first-order valence-corrected chi connectivity index (χ1v) is 5.89. The number of aliphatic hydroxyl groups excluding tert-OH is 1. The van der Waals surface area contributed by atoms with Gasteiger partial charge in [0.15, 0.2) is 0 Å². The molecule has 0 aliphatic heterocycles. The molecule has 0 saturated carbocycles. The van der Waals surface area contributed by atoms with E-state index in [2.05, 4.69) is 10.3 Å². The van der Waals surface area contributed by atoms with Crippen LogP contribution in [0, 0.1) is 0 Å². The van der Waals surface area contributed by atoms with Crippen LogP contribution in [-0.4, -0.2) is 22.6 Å². The fourth-order valence-electron chi connectivity index (χ4n) is 1.65. The number of hydrogen-bond donors (Lipinski definition) is 3. The lowest BCUT2D eigenvalue weighted by molar-refractivity contribution is 0.0912. The highest BCUT2D eigenvalue weighted by molar-refractivity contribution is 6.30. The number of aromatic amines is 1. The molecule has 0 radical (unpaired) electrons. The monoisotopic (exact) mass is 264 g/mol. The number of carbonyl (C=O) groups is 1. The Morgan fingerprint density at radius 2 is 2.11 bits per heavy atom. The Balaban J connectivity index is 2.10. The van der Waals surface area contributed by atoms with Crippen LogP contribution in [0.2, 0.25) is 5.02 Å². The van der Waals surface area contributed by atoms with Gasteiger partial charge < -0.3 is 15.4 Å². The lowest BCUT2D eigenvalue weighted by Gasteiger charge is -2.16. The van der Waals surface area contributed by atoms with E-state index in [9.17, 15) is 9.90 Å².